The Balaban J connectivity index is 1.50. The second-order valence-corrected chi connectivity index (χ2v) is 9.00. The maximum absolute atomic E-state index is 13.3. The zero-order chi connectivity index (χ0) is 22.3. The average molecular weight is 460 g/mol. The molecule has 1 fully saturated rings. The Labute approximate surface area is 191 Å². The summed E-state index contributed by atoms with van der Waals surface area (Å²) in [6.45, 7) is 2.46. The smallest absolute Gasteiger partial charge is 0.257 e. The van der Waals surface area contributed by atoms with Crippen LogP contribution < -0.4 is 4.90 Å². The van der Waals surface area contributed by atoms with E-state index in [1.54, 1.807) is 58.1 Å². The van der Waals surface area contributed by atoms with E-state index in [1.807, 2.05) is 13.0 Å². The molecule has 8 heteroatoms. The Bertz CT molecular complexity index is 1070. The number of hydrogen-bond acceptors (Lipinski definition) is 3. The van der Waals surface area contributed by atoms with E-state index in [2.05, 4.69) is 0 Å². The van der Waals surface area contributed by atoms with E-state index in [1.165, 1.54) is 0 Å². The van der Waals surface area contributed by atoms with Gasteiger partial charge in [0.25, 0.3) is 5.91 Å². The molecule has 31 heavy (non-hydrogen) atoms. The first kappa shape index (κ1) is 21.7. The van der Waals surface area contributed by atoms with Gasteiger partial charge in [-0.25, -0.2) is 0 Å². The molecule has 1 atom stereocenters. The van der Waals surface area contributed by atoms with Crippen molar-refractivity contribution >= 4 is 46.6 Å². The van der Waals surface area contributed by atoms with E-state index < -0.39 is 5.66 Å². The Morgan fingerprint density at radius 1 is 1.16 bits per heavy atom. The number of halogens is 2. The van der Waals surface area contributed by atoms with Crippen molar-refractivity contribution in [3.05, 3.63) is 63.6 Å². The van der Waals surface area contributed by atoms with Gasteiger partial charge in [-0.15, -0.1) is 0 Å². The molecule has 2 aliphatic rings. The fourth-order valence-corrected chi connectivity index (χ4v) is 4.90. The highest BCUT2D eigenvalue weighted by Gasteiger charge is 2.52. The van der Waals surface area contributed by atoms with Crippen LogP contribution in [0.3, 0.4) is 0 Å². The third kappa shape index (κ3) is 3.79. The Hall–Kier alpha value is -2.57. The van der Waals surface area contributed by atoms with Gasteiger partial charge in [0, 0.05) is 43.0 Å². The number of rotatable bonds is 5. The zero-order valence-corrected chi connectivity index (χ0v) is 18.9. The third-order valence-corrected chi connectivity index (χ3v) is 6.73. The summed E-state index contributed by atoms with van der Waals surface area (Å²) in [7, 11) is 1.70. The van der Waals surface area contributed by atoms with Crippen LogP contribution in [-0.4, -0.2) is 46.8 Å². The molecular weight excluding hydrogens is 437 g/mol. The van der Waals surface area contributed by atoms with E-state index in [4.69, 9.17) is 23.2 Å². The van der Waals surface area contributed by atoms with Crippen molar-refractivity contribution in [1.82, 2.24) is 9.80 Å². The molecule has 0 radical (unpaired) electrons. The summed E-state index contributed by atoms with van der Waals surface area (Å²) in [6, 6.07) is 12.3. The van der Waals surface area contributed by atoms with Crippen LogP contribution >= 0.6 is 23.2 Å². The molecule has 2 heterocycles. The molecule has 2 aromatic rings. The highest BCUT2D eigenvalue weighted by molar-refractivity contribution is 6.35. The van der Waals surface area contributed by atoms with Crippen LogP contribution in [-0.2, 0) is 16.1 Å². The van der Waals surface area contributed by atoms with E-state index in [9.17, 15) is 14.4 Å². The number of carbonyl (C=O) groups excluding carboxylic acids is 3. The summed E-state index contributed by atoms with van der Waals surface area (Å²) in [5.74, 6) is -0.273. The Morgan fingerprint density at radius 2 is 1.90 bits per heavy atom. The van der Waals surface area contributed by atoms with Crippen molar-refractivity contribution in [1.29, 1.82) is 0 Å². The normalized spacial score (nSPS) is 20.0. The first-order chi connectivity index (χ1) is 14.7. The molecule has 1 unspecified atom stereocenters. The van der Waals surface area contributed by atoms with Gasteiger partial charge in [-0.2, -0.15) is 0 Å². The molecule has 0 aromatic heterocycles. The first-order valence-corrected chi connectivity index (χ1v) is 10.9. The number of nitrogens with zero attached hydrogens (tertiary/aromatic N) is 3. The molecular formula is C23H23Cl2N3O3. The van der Waals surface area contributed by atoms with Crippen LogP contribution in [0.2, 0.25) is 10.0 Å². The average Bonchev–Trinajstić information content (AvgIpc) is 3.05. The maximum Gasteiger partial charge on any atom is 0.257 e. The van der Waals surface area contributed by atoms with Crippen molar-refractivity contribution in [2.45, 2.75) is 38.4 Å². The second-order valence-electron chi connectivity index (χ2n) is 8.16. The van der Waals surface area contributed by atoms with Gasteiger partial charge in [0.15, 0.2) is 0 Å². The number of hydrogen-bond donors (Lipinski definition) is 0. The molecule has 4 rings (SSSR count). The van der Waals surface area contributed by atoms with E-state index in [0.29, 0.717) is 40.7 Å². The predicted molar refractivity (Wildman–Crippen MR) is 120 cm³/mol. The Morgan fingerprint density at radius 3 is 2.65 bits per heavy atom. The summed E-state index contributed by atoms with van der Waals surface area (Å²) in [5, 5.41) is 1.04. The van der Waals surface area contributed by atoms with Crippen molar-refractivity contribution in [3.63, 3.8) is 0 Å². The van der Waals surface area contributed by atoms with Crippen LogP contribution in [0.25, 0.3) is 0 Å². The molecule has 0 N–H and O–H groups in total. The third-order valence-electron chi connectivity index (χ3n) is 6.14. The van der Waals surface area contributed by atoms with Gasteiger partial charge < -0.3 is 9.80 Å². The highest BCUT2D eigenvalue weighted by Crippen LogP contribution is 2.44. The second kappa shape index (κ2) is 8.17. The topological polar surface area (TPSA) is 60.9 Å². The summed E-state index contributed by atoms with van der Waals surface area (Å²) in [5.41, 5.74) is 1.17. The number of fused-ring (bicyclic) bond motifs is 3. The molecule has 1 saturated heterocycles. The molecule has 0 saturated carbocycles. The van der Waals surface area contributed by atoms with Gasteiger partial charge in [-0.05, 0) is 43.2 Å². The molecule has 0 spiro atoms. The number of para-hydroxylation sites is 1. The zero-order valence-electron chi connectivity index (χ0n) is 17.4. The fraction of sp³-hybridized carbons (Fsp3) is 0.348. The largest absolute Gasteiger partial charge is 0.341 e. The van der Waals surface area contributed by atoms with Crippen molar-refractivity contribution in [3.8, 4) is 0 Å². The van der Waals surface area contributed by atoms with E-state index in [0.717, 1.165) is 5.56 Å². The first-order valence-electron chi connectivity index (χ1n) is 10.1. The number of amides is 3. The fourth-order valence-electron chi connectivity index (χ4n) is 4.43. The molecule has 6 nitrogen and oxygen atoms in total. The minimum absolute atomic E-state index is 0.00623. The summed E-state index contributed by atoms with van der Waals surface area (Å²) < 4.78 is 0. The number of anilines is 1. The van der Waals surface area contributed by atoms with Gasteiger partial charge in [0.05, 0.1) is 11.3 Å². The van der Waals surface area contributed by atoms with Crippen LogP contribution in [0, 0.1) is 0 Å². The molecule has 2 aliphatic heterocycles. The molecule has 0 aliphatic carbocycles. The van der Waals surface area contributed by atoms with Crippen LogP contribution in [0.4, 0.5) is 5.69 Å². The molecule has 162 valence electrons. The highest BCUT2D eigenvalue weighted by atomic mass is 35.5. The summed E-state index contributed by atoms with van der Waals surface area (Å²) in [6.07, 6.45) is 1.06. The SMILES string of the molecule is CN(Cc1ccc(Cl)cc1Cl)C(=O)CCN1C(=O)c2ccccc2N2C(=O)CCC12C. The maximum atomic E-state index is 13.3. The van der Waals surface area contributed by atoms with Crippen LogP contribution in [0.5, 0.6) is 0 Å². The monoisotopic (exact) mass is 459 g/mol. The van der Waals surface area contributed by atoms with Gasteiger partial charge in [0.2, 0.25) is 11.8 Å². The van der Waals surface area contributed by atoms with E-state index in [-0.39, 0.29) is 30.7 Å². The lowest BCUT2D eigenvalue weighted by molar-refractivity contribution is -0.130. The number of benzene rings is 2. The lowest BCUT2D eigenvalue weighted by atomic mass is 9.98. The minimum Gasteiger partial charge on any atom is -0.341 e. The van der Waals surface area contributed by atoms with Gasteiger partial charge in [-0.3, -0.25) is 19.3 Å². The number of carbonyl (C=O) groups is 3. The lowest BCUT2D eigenvalue weighted by Gasteiger charge is -2.48. The van der Waals surface area contributed by atoms with Crippen molar-refractivity contribution in [2.24, 2.45) is 0 Å². The molecule has 3 amide bonds. The minimum atomic E-state index is -0.763. The van der Waals surface area contributed by atoms with Gasteiger partial charge >= 0.3 is 0 Å². The molecule has 2 aromatic carbocycles. The van der Waals surface area contributed by atoms with Crippen molar-refractivity contribution in [2.75, 3.05) is 18.5 Å². The Kier molecular flexibility index (Phi) is 5.71. The molecule has 0 bridgehead atoms. The predicted octanol–water partition coefficient (Wildman–Crippen LogP) is 4.34. The van der Waals surface area contributed by atoms with Gasteiger partial charge in [-0.1, -0.05) is 41.4 Å². The van der Waals surface area contributed by atoms with Crippen molar-refractivity contribution < 1.29 is 14.4 Å². The van der Waals surface area contributed by atoms with Crippen LogP contribution in [0.1, 0.15) is 42.1 Å². The van der Waals surface area contributed by atoms with Crippen LogP contribution in [0.15, 0.2) is 42.5 Å². The van der Waals surface area contributed by atoms with E-state index >= 15 is 0 Å². The summed E-state index contributed by atoms with van der Waals surface area (Å²) >= 11 is 12.2. The van der Waals surface area contributed by atoms with Gasteiger partial charge in [0.1, 0.15) is 5.66 Å². The lowest BCUT2D eigenvalue weighted by Crippen LogP contribution is -2.62. The summed E-state index contributed by atoms with van der Waals surface area (Å²) in [4.78, 5) is 43.7. The standard InChI is InChI=1S/C23H23Cl2N3O3/c1-23-11-9-21(30)28(23)19-6-4-3-5-17(19)22(31)27(23)12-10-20(29)26(2)14-15-7-8-16(24)13-18(15)25/h3-8,13H,9-12,14H2,1-2H3. The quantitative estimate of drug-likeness (QED) is 0.667.